The van der Waals surface area contributed by atoms with E-state index >= 15 is 0 Å². The highest BCUT2D eigenvalue weighted by atomic mass is 16.4. The van der Waals surface area contributed by atoms with Gasteiger partial charge in [-0.1, -0.05) is 0 Å². The van der Waals surface area contributed by atoms with Gasteiger partial charge in [-0.2, -0.15) is 0 Å². The summed E-state index contributed by atoms with van der Waals surface area (Å²) in [5.74, 6) is -1.05. The van der Waals surface area contributed by atoms with E-state index in [0.29, 0.717) is 0 Å². The van der Waals surface area contributed by atoms with Crippen LogP contribution in [0.25, 0.3) is 0 Å². The lowest BCUT2D eigenvalue weighted by Gasteiger charge is -2.16. The van der Waals surface area contributed by atoms with Crippen molar-refractivity contribution in [1.82, 2.24) is 0 Å². The van der Waals surface area contributed by atoms with E-state index in [9.17, 15) is 4.79 Å². The SMILES string of the molecule is C[C@@H](O)[C@@H](O)[C@@H](O)C(N)=O. The molecule has 10 heavy (non-hydrogen) atoms. The van der Waals surface area contributed by atoms with E-state index in [4.69, 9.17) is 15.3 Å². The smallest absolute Gasteiger partial charge is 0.249 e. The molecule has 3 atom stereocenters. The highest BCUT2D eigenvalue weighted by Crippen LogP contribution is 1.97. The molecule has 5 N–H and O–H groups in total. The number of aliphatic hydroxyl groups excluding tert-OH is 3. The number of rotatable bonds is 3. The highest BCUT2D eigenvalue weighted by molar-refractivity contribution is 5.79. The van der Waals surface area contributed by atoms with Crippen molar-refractivity contribution in [2.75, 3.05) is 0 Å². The summed E-state index contributed by atoms with van der Waals surface area (Å²) < 4.78 is 0. The van der Waals surface area contributed by atoms with Gasteiger partial charge in [0, 0.05) is 0 Å². The van der Waals surface area contributed by atoms with Gasteiger partial charge in [0.1, 0.15) is 6.10 Å². The van der Waals surface area contributed by atoms with Crippen LogP contribution >= 0.6 is 0 Å². The van der Waals surface area contributed by atoms with Crippen LogP contribution in [-0.4, -0.2) is 39.5 Å². The molecule has 0 aromatic rings. The quantitative estimate of drug-likeness (QED) is 0.358. The number of hydrogen-bond acceptors (Lipinski definition) is 4. The monoisotopic (exact) mass is 149 g/mol. The van der Waals surface area contributed by atoms with Crippen molar-refractivity contribution in [3.63, 3.8) is 0 Å². The van der Waals surface area contributed by atoms with E-state index < -0.39 is 24.2 Å². The van der Waals surface area contributed by atoms with E-state index in [1.165, 1.54) is 6.92 Å². The fraction of sp³-hybridized carbons (Fsp3) is 0.800. The highest BCUT2D eigenvalue weighted by Gasteiger charge is 2.25. The Hall–Kier alpha value is -0.650. The fourth-order valence-electron chi connectivity index (χ4n) is 0.432. The van der Waals surface area contributed by atoms with E-state index in [0.717, 1.165) is 0 Å². The van der Waals surface area contributed by atoms with Crippen LogP contribution in [0.4, 0.5) is 0 Å². The lowest BCUT2D eigenvalue weighted by Crippen LogP contribution is -2.44. The Bertz CT molecular complexity index is 125. The fourth-order valence-corrected chi connectivity index (χ4v) is 0.432. The number of nitrogens with two attached hydrogens (primary N) is 1. The van der Waals surface area contributed by atoms with Gasteiger partial charge in [0.2, 0.25) is 5.91 Å². The van der Waals surface area contributed by atoms with Gasteiger partial charge in [-0.05, 0) is 6.92 Å². The molecular formula is C5H11NO4. The molecule has 0 rings (SSSR count). The van der Waals surface area contributed by atoms with E-state index in [1.54, 1.807) is 0 Å². The van der Waals surface area contributed by atoms with Gasteiger partial charge < -0.3 is 21.1 Å². The summed E-state index contributed by atoms with van der Waals surface area (Å²) in [6.07, 6.45) is -4.36. The standard InChI is InChI=1S/C5H11NO4/c1-2(7)3(8)4(9)5(6)10/h2-4,7-9H,1H3,(H2,6,10)/t2-,3-,4-/m1/s1. The Kier molecular flexibility index (Phi) is 3.27. The maximum atomic E-state index is 10.1. The van der Waals surface area contributed by atoms with Crippen LogP contribution in [0.5, 0.6) is 0 Å². The van der Waals surface area contributed by atoms with Crippen molar-refractivity contribution >= 4 is 5.91 Å². The molecule has 60 valence electrons. The molecular weight excluding hydrogens is 138 g/mol. The Labute approximate surface area is 58.1 Å². The minimum atomic E-state index is -1.69. The number of aliphatic hydroxyl groups is 3. The lowest BCUT2D eigenvalue weighted by molar-refractivity contribution is -0.136. The molecule has 1 amide bonds. The van der Waals surface area contributed by atoms with Crippen LogP contribution in [-0.2, 0) is 4.79 Å². The minimum Gasteiger partial charge on any atom is -0.391 e. The maximum Gasteiger partial charge on any atom is 0.249 e. The molecule has 0 aliphatic heterocycles. The Morgan fingerprint density at radius 1 is 1.40 bits per heavy atom. The Morgan fingerprint density at radius 3 is 1.90 bits per heavy atom. The average molecular weight is 149 g/mol. The van der Waals surface area contributed by atoms with Crippen molar-refractivity contribution in [2.24, 2.45) is 5.73 Å². The number of hydrogen-bond donors (Lipinski definition) is 4. The third kappa shape index (κ3) is 2.30. The normalized spacial score (nSPS) is 19.6. The summed E-state index contributed by atoms with van der Waals surface area (Å²) in [5, 5.41) is 26.1. The molecule has 0 aliphatic rings. The number of amides is 1. The zero-order chi connectivity index (χ0) is 8.31. The molecule has 0 heterocycles. The van der Waals surface area contributed by atoms with Crippen LogP contribution in [0.3, 0.4) is 0 Å². The molecule has 0 radical (unpaired) electrons. The maximum absolute atomic E-state index is 10.1. The number of primary amides is 1. The Balaban J connectivity index is 3.94. The number of carbonyl (C=O) groups is 1. The van der Waals surface area contributed by atoms with Gasteiger partial charge in [-0.3, -0.25) is 4.79 Å². The van der Waals surface area contributed by atoms with E-state index in [1.807, 2.05) is 0 Å². The first-order valence-electron chi connectivity index (χ1n) is 2.80. The molecule has 5 heteroatoms. The van der Waals surface area contributed by atoms with Crippen LogP contribution in [0, 0.1) is 0 Å². The average Bonchev–Trinajstić information content (AvgIpc) is 1.84. The van der Waals surface area contributed by atoms with E-state index in [2.05, 4.69) is 5.73 Å². The van der Waals surface area contributed by atoms with Crippen LogP contribution in [0.1, 0.15) is 6.92 Å². The van der Waals surface area contributed by atoms with Gasteiger partial charge in [0.25, 0.3) is 0 Å². The topological polar surface area (TPSA) is 104 Å². The summed E-state index contributed by atoms with van der Waals surface area (Å²) in [4.78, 5) is 10.1. The third-order valence-electron chi connectivity index (χ3n) is 1.11. The first kappa shape index (κ1) is 9.35. The van der Waals surface area contributed by atoms with Crippen molar-refractivity contribution in [3.05, 3.63) is 0 Å². The zero-order valence-electron chi connectivity index (χ0n) is 5.56. The Morgan fingerprint density at radius 2 is 1.80 bits per heavy atom. The first-order valence-corrected chi connectivity index (χ1v) is 2.80. The van der Waals surface area contributed by atoms with Crippen molar-refractivity contribution in [3.8, 4) is 0 Å². The second kappa shape index (κ2) is 3.50. The second-order valence-electron chi connectivity index (χ2n) is 2.08. The van der Waals surface area contributed by atoms with Gasteiger partial charge in [0.05, 0.1) is 6.10 Å². The predicted molar refractivity (Wildman–Crippen MR) is 32.9 cm³/mol. The molecule has 0 bridgehead atoms. The third-order valence-corrected chi connectivity index (χ3v) is 1.11. The predicted octanol–water partition coefficient (Wildman–Crippen LogP) is -2.43. The molecule has 0 aliphatic carbocycles. The van der Waals surface area contributed by atoms with Crippen LogP contribution in [0.2, 0.25) is 0 Å². The molecule has 0 fully saturated rings. The summed E-state index contributed by atoms with van der Waals surface area (Å²) in [7, 11) is 0. The largest absolute Gasteiger partial charge is 0.391 e. The molecule has 0 aromatic carbocycles. The first-order chi connectivity index (χ1) is 4.46. The van der Waals surface area contributed by atoms with Gasteiger partial charge >= 0.3 is 0 Å². The molecule has 0 aromatic heterocycles. The molecule has 5 nitrogen and oxygen atoms in total. The lowest BCUT2D eigenvalue weighted by atomic mass is 10.1. The summed E-state index contributed by atoms with van der Waals surface area (Å²) in [6, 6.07) is 0. The van der Waals surface area contributed by atoms with Gasteiger partial charge in [-0.25, -0.2) is 0 Å². The van der Waals surface area contributed by atoms with Crippen LogP contribution in [0.15, 0.2) is 0 Å². The van der Waals surface area contributed by atoms with Crippen molar-refractivity contribution in [1.29, 1.82) is 0 Å². The zero-order valence-corrected chi connectivity index (χ0v) is 5.56. The minimum absolute atomic E-state index is 1.05. The summed E-state index contributed by atoms with van der Waals surface area (Å²) in [5.41, 5.74) is 4.61. The van der Waals surface area contributed by atoms with Gasteiger partial charge in [-0.15, -0.1) is 0 Å². The van der Waals surface area contributed by atoms with Crippen molar-refractivity contribution < 1.29 is 20.1 Å². The molecule has 0 spiro atoms. The summed E-state index contributed by atoms with van der Waals surface area (Å²) >= 11 is 0. The molecule has 0 saturated heterocycles. The number of carbonyl (C=O) groups excluding carboxylic acids is 1. The molecule has 0 unspecified atom stereocenters. The van der Waals surface area contributed by atoms with Crippen molar-refractivity contribution in [2.45, 2.75) is 25.2 Å². The summed E-state index contributed by atoms with van der Waals surface area (Å²) in [6.45, 7) is 1.25. The second-order valence-corrected chi connectivity index (χ2v) is 2.08. The van der Waals surface area contributed by atoms with Crippen LogP contribution < -0.4 is 5.73 Å². The van der Waals surface area contributed by atoms with E-state index in [-0.39, 0.29) is 0 Å². The molecule has 0 saturated carbocycles. The van der Waals surface area contributed by atoms with Gasteiger partial charge in [0.15, 0.2) is 6.10 Å².